The van der Waals surface area contributed by atoms with E-state index >= 15 is 0 Å². The first-order valence-corrected chi connectivity index (χ1v) is 9.06. The zero-order valence-corrected chi connectivity index (χ0v) is 17.5. The second-order valence-electron chi connectivity index (χ2n) is 8.23. The molecule has 7 nitrogen and oxygen atoms in total. The van der Waals surface area contributed by atoms with Gasteiger partial charge >= 0.3 is 12.2 Å². The van der Waals surface area contributed by atoms with E-state index in [1.807, 2.05) is 30.3 Å². The van der Waals surface area contributed by atoms with Gasteiger partial charge in [0.05, 0.1) is 11.9 Å². The fourth-order valence-electron chi connectivity index (χ4n) is 2.25. The van der Waals surface area contributed by atoms with Crippen molar-refractivity contribution in [2.75, 3.05) is 4.90 Å². The third-order valence-corrected chi connectivity index (χ3v) is 3.32. The average molecular weight is 395 g/mol. The van der Waals surface area contributed by atoms with Gasteiger partial charge in [0, 0.05) is 5.56 Å². The number of nitrogens with zero attached hydrogens (tertiary/aromatic N) is 3. The fourth-order valence-corrected chi connectivity index (χ4v) is 2.25. The number of benzene rings is 1. The van der Waals surface area contributed by atoms with Crippen LogP contribution in [0.4, 0.5) is 15.4 Å². The molecule has 0 aliphatic heterocycles. The van der Waals surface area contributed by atoms with E-state index in [4.69, 9.17) is 15.9 Å². The summed E-state index contributed by atoms with van der Waals surface area (Å²) in [6.45, 7) is 10.1. The van der Waals surface area contributed by atoms with Gasteiger partial charge in [-0.1, -0.05) is 30.3 Å². The molecule has 1 aromatic carbocycles. The Morgan fingerprint density at radius 1 is 0.966 bits per heavy atom. The molecule has 0 saturated heterocycles. The van der Waals surface area contributed by atoms with Crippen molar-refractivity contribution >= 4 is 18.0 Å². The van der Waals surface area contributed by atoms with Gasteiger partial charge in [-0.2, -0.15) is 4.90 Å². The molecule has 29 heavy (non-hydrogen) atoms. The zero-order valence-electron chi connectivity index (χ0n) is 17.5. The SMILES string of the molecule is C#Cc1nc(-c2ccccc2)cnc1N(C(=O)OC(C)(C)C)C(=O)OC(C)(C)C. The summed E-state index contributed by atoms with van der Waals surface area (Å²) in [5.41, 5.74) is -0.362. The van der Waals surface area contributed by atoms with Gasteiger partial charge in [0.15, 0.2) is 11.5 Å². The van der Waals surface area contributed by atoms with E-state index in [2.05, 4.69) is 15.9 Å². The lowest BCUT2D eigenvalue weighted by Gasteiger charge is -2.28. The maximum atomic E-state index is 12.8. The van der Waals surface area contributed by atoms with Crippen molar-refractivity contribution < 1.29 is 19.1 Å². The van der Waals surface area contributed by atoms with Crippen LogP contribution in [0.25, 0.3) is 11.3 Å². The van der Waals surface area contributed by atoms with E-state index in [0.717, 1.165) is 5.56 Å². The van der Waals surface area contributed by atoms with E-state index < -0.39 is 23.4 Å². The highest BCUT2D eigenvalue weighted by molar-refractivity contribution is 6.09. The fraction of sp³-hybridized carbons (Fsp3) is 0.364. The van der Waals surface area contributed by atoms with Crippen LogP contribution in [0, 0.1) is 12.3 Å². The van der Waals surface area contributed by atoms with Crippen molar-refractivity contribution in [2.24, 2.45) is 0 Å². The van der Waals surface area contributed by atoms with Crippen molar-refractivity contribution in [3.05, 3.63) is 42.2 Å². The smallest absolute Gasteiger partial charge is 0.425 e. The van der Waals surface area contributed by atoms with Crippen LogP contribution in [-0.2, 0) is 9.47 Å². The Bertz CT molecular complexity index is 907. The Morgan fingerprint density at radius 2 is 1.48 bits per heavy atom. The molecule has 0 fully saturated rings. The lowest BCUT2D eigenvalue weighted by molar-refractivity contribution is 0.0428. The van der Waals surface area contributed by atoms with Crippen molar-refractivity contribution in [3.8, 4) is 23.6 Å². The molecule has 0 bridgehead atoms. The molecule has 0 N–H and O–H groups in total. The van der Waals surface area contributed by atoms with Crippen LogP contribution in [0.1, 0.15) is 47.2 Å². The second-order valence-corrected chi connectivity index (χ2v) is 8.23. The van der Waals surface area contributed by atoms with Crippen molar-refractivity contribution in [2.45, 2.75) is 52.7 Å². The molecule has 152 valence electrons. The van der Waals surface area contributed by atoms with E-state index in [0.29, 0.717) is 10.6 Å². The van der Waals surface area contributed by atoms with Crippen LogP contribution < -0.4 is 4.90 Å². The number of hydrogen-bond donors (Lipinski definition) is 0. The van der Waals surface area contributed by atoms with Crippen molar-refractivity contribution in [1.82, 2.24) is 9.97 Å². The van der Waals surface area contributed by atoms with Crippen LogP contribution in [0.2, 0.25) is 0 Å². The predicted molar refractivity (Wildman–Crippen MR) is 110 cm³/mol. The number of hydrogen-bond acceptors (Lipinski definition) is 6. The normalized spacial score (nSPS) is 11.3. The zero-order chi connectivity index (χ0) is 21.8. The first-order valence-electron chi connectivity index (χ1n) is 9.06. The standard InChI is InChI=1S/C22H25N3O4/c1-8-16-18(23-14-17(24-16)15-12-10-9-11-13-15)25(19(26)28-21(2,3)4)20(27)29-22(5,6)7/h1,9-14H,2-7H3. The molecule has 2 amide bonds. The molecule has 0 aliphatic rings. The number of amides is 2. The Morgan fingerprint density at radius 3 is 1.93 bits per heavy atom. The lowest BCUT2D eigenvalue weighted by atomic mass is 10.1. The molecule has 0 radical (unpaired) electrons. The van der Waals surface area contributed by atoms with Crippen LogP contribution >= 0.6 is 0 Å². The van der Waals surface area contributed by atoms with Crippen LogP contribution in [0.3, 0.4) is 0 Å². The highest BCUT2D eigenvalue weighted by Crippen LogP contribution is 2.25. The molecule has 7 heteroatoms. The molecule has 1 aromatic heterocycles. The van der Waals surface area contributed by atoms with Gasteiger partial charge in [0.25, 0.3) is 0 Å². The van der Waals surface area contributed by atoms with Gasteiger partial charge in [0.2, 0.25) is 0 Å². The third kappa shape index (κ3) is 6.04. The topological polar surface area (TPSA) is 81.6 Å². The summed E-state index contributed by atoms with van der Waals surface area (Å²) in [6, 6.07) is 9.29. The van der Waals surface area contributed by atoms with Gasteiger partial charge in [-0.3, -0.25) is 0 Å². The van der Waals surface area contributed by atoms with Crippen LogP contribution in [-0.4, -0.2) is 33.4 Å². The number of rotatable bonds is 2. The van der Waals surface area contributed by atoms with E-state index in [-0.39, 0.29) is 11.5 Å². The maximum absolute atomic E-state index is 12.8. The third-order valence-electron chi connectivity index (χ3n) is 3.32. The summed E-state index contributed by atoms with van der Waals surface area (Å²) in [7, 11) is 0. The molecular weight excluding hydrogens is 370 g/mol. The number of ether oxygens (including phenoxy) is 2. The highest BCUT2D eigenvalue weighted by Gasteiger charge is 2.35. The van der Waals surface area contributed by atoms with Crippen molar-refractivity contribution in [3.63, 3.8) is 0 Å². The molecule has 0 spiro atoms. The Labute approximate surface area is 171 Å². The van der Waals surface area contributed by atoms with E-state index in [1.165, 1.54) is 6.20 Å². The second kappa shape index (κ2) is 8.31. The molecule has 2 aromatic rings. The summed E-state index contributed by atoms with van der Waals surface area (Å²) < 4.78 is 10.7. The average Bonchev–Trinajstić information content (AvgIpc) is 2.59. The van der Waals surface area contributed by atoms with E-state index in [9.17, 15) is 9.59 Å². The summed E-state index contributed by atoms with van der Waals surface area (Å²) in [6.07, 6.45) is 5.14. The number of carbonyl (C=O) groups excluding carboxylic acids is 2. The Hall–Kier alpha value is -3.40. The molecule has 0 unspecified atom stereocenters. The molecule has 2 rings (SSSR count). The van der Waals surface area contributed by atoms with Gasteiger partial charge in [-0.25, -0.2) is 19.6 Å². The summed E-state index contributed by atoms with van der Waals surface area (Å²) >= 11 is 0. The predicted octanol–water partition coefficient (Wildman–Crippen LogP) is 4.80. The van der Waals surface area contributed by atoms with Crippen LogP contribution in [0.5, 0.6) is 0 Å². The molecule has 0 saturated carbocycles. The minimum atomic E-state index is -0.954. The Balaban J connectivity index is 2.53. The largest absolute Gasteiger partial charge is 0.443 e. The van der Waals surface area contributed by atoms with Gasteiger partial charge in [-0.05, 0) is 47.5 Å². The molecular formula is C22H25N3O4. The summed E-state index contributed by atoms with van der Waals surface area (Å²) in [5.74, 6) is 2.26. The van der Waals surface area contributed by atoms with E-state index in [1.54, 1.807) is 41.5 Å². The number of carbonyl (C=O) groups is 2. The molecule has 0 aliphatic carbocycles. The van der Waals surface area contributed by atoms with Gasteiger partial charge in [-0.15, -0.1) is 6.42 Å². The monoisotopic (exact) mass is 395 g/mol. The maximum Gasteiger partial charge on any atom is 0.425 e. The number of imide groups is 1. The minimum absolute atomic E-state index is 0.0167. The van der Waals surface area contributed by atoms with Gasteiger partial charge < -0.3 is 9.47 Å². The summed E-state index contributed by atoms with van der Waals surface area (Å²) in [5, 5.41) is 0. The minimum Gasteiger partial charge on any atom is -0.443 e. The lowest BCUT2D eigenvalue weighted by Crippen LogP contribution is -2.44. The summed E-state index contributed by atoms with van der Waals surface area (Å²) in [4.78, 5) is 34.9. The van der Waals surface area contributed by atoms with Crippen LogP contribution in [0.15, 0.2) is 36.5 Å². The number of terminal acetylenes is 1. The van der Waals surface area contributed by atoms with Crippen molar-refractivity contribution in [1.29, 1.82) is 0 Å². The van der Waals surface area contributed by atoms with Gasteiger partial charge in [0.1, 0.15) is 11.2 Å². The molecule has 1 heterocycles. The number of aromatic nitrogens is 2. The quantitative estimate of drug-likeness (QED) is 0.679. The molecule has 0 atom stereocenters. The first-order chi connectivity index (χ1) is 13.4. The number of anilines is 1. The highest BCUT2D eigenvalue weighted by atomic mass is 16.6. The Kier molecular flexibility index (Phi) is 6.28. The first kappa shape index (κ1) is 21.9.